The van der Waals surface area contributed by atoms with Crippen LogP contribution in [0.3, 0.4) is 0 Å². The zero-order valence-electron chi connectivity index (χ0n) is 75.9. The number of hydrogen-bond acceptors (Lipinski definition) is 26. The van der Waals surface area contributed by atoms with Crippen molar-refractivity contribution < 1.29 is 136 Å². The Bertz CT molecular complexity index is 3480. The first kappa shape index (κ1) is 134. The molecule has 3 saturated heterocycles. The zero-order valence-corrected chi connectivity index (χ0v) is 81.5. The molecule has 0 aromatic heterocycles. The number of carboxylic acids is 2. The van der Waals surface area contributed by atoms with Crippen molar-refractivity contribution in [1.29, 1.82) is 0 Å². The SMILES string of the molecule is C.C1CCNC1.CC.CC.CC(C)OCC(=O)O.CC1CCCO1.CC[C@](C)(O)C(=O)N1CCCC1.CC[C@](C)(O)C(=O)O.CC[C@](C)(O)C(=O)c1ccc(SC)cc1.CC[C@](C)(OC(=O)COC(C)C)C(=O)c1ccc(S(C)(=O)=O)cc1.CC[C@](C)(OC(=O)COC(C)C)C(=O)c1ccc(SC)cc1.CSc1cc[c-]cc1.O=S(Cl)Cl.OO.[2HH].[B].[Li+]. The average molecular weight is 1840 g/mol. The summed E-state index contributed by atoms with van der Waals surface area (Å²) in [5.74, 6) is -4.12. The molecule has 693 valence electrons. The summed E-state index contributed by atoms with van der Waals surface area (Å²) in [6, 6.07) is 31.1. The number of aliphatic carboxylic acids is 2. The van der Waals surface area contributed by atoms with Gasteiger partial charge in [-0.05, 0) is 234 Å². The summed E-state index contributed by atoms with van der Waals surface area (Å²) in [5.41, 5.74) is -5.04. The van der Waals surface area contributed by atoms with Crippen LogP contribution in [0.4, 0.5) is 0 Å². The molecule has 4 aromatic rings. The molecule has 3 aliphatic rings. The number of nitrogens with zero attached hydrogens (tertiary/aromatic N) is 1. The third-order valence-electron chi connectivity index (χ3n) is 16.8. The quantitative estimate of drug-likeness (QED) is 0.00383. The number of aliphatic hydroxyl groups is 3. The van der Waals surface area contributed by atoms with Gasteiger partial charge in [0.1, 0.15) is 31.0 Å². The van der Waals surface area contributed by atoms with E-state index in [1.165, 1.54) is 81.8 Å². The van der Waals surface area contributed by atoms with E-state index in [0.29, 0.717) is 36.5 Å². The van der Waals surface area contributed by atoms with E-state index in [0.717, 1.165) is 48.6 Å². The van der Waals surface area contributed by atoms with E-state index < -0.39 is 70.9 Å². The number of nitrogens with one attached hydrogen (secondary N) is 1. The van der Waals surface area contributed by atoms with E-state index >= 15 is 0 Å². The number of Topliss-reactive ketones (excluding diaryl/α,β-unsaturated/α-hetero) is 3. The van der Waals surface area contributed by atoms with Crippen LogP contribution >= 0.6 is 56.7 Å². The van der Waals surface area contributed by atoms with Gasteiger partial charge in [0, 0.05) is 83.6 Å². The smallest absolute Gasteiger partial charge is 0.480 e. The molecule has 26 nitrogen and oxygen atoms in total. The van der Waals surface area contributed by atoms with Crippen LogP contribution in [0, 0.1) is 6.07 Å². The summed E-state index contributed by atoms with van der Waals surface area (Å²) in [6.45, 7) is 41.9. The van der Waals surface area contributed by atoms with E-state index in [4.69, 9.17) is 58.5 Å². The standard InChI is InChI=1S/C17H24O6S.C17H24O4S.C12H16O2S.C9H17NO2.C7H7S.2C5H10O3.C5H10O.C4H9N.2C2H6.CH4.B.Cl2OS.Li.H2O2.H2/c1-6-17(4,23-15(18)11-22-12(2)3)16(19)13-7-9-14(10-8-13)24(5,20)21;1-6-17(4,21-15(18)11-20-12(2)3)16(19)13-7-9-14(22-5)10-8-13;1-4-12(2,14)11(13)9-5-7-10(15-3)8-6-9;1-3-9(2,12)8(11)10-6-4-5-7-10;1-8-7-5-3-2-4-6-7;1-4(2)8-3-5(6)7;1-3-5(2,8)4(6)7;1-5-3-2-4-6-5;1-2-4-5-3-1;2*1-2;;;1-4(2)3;;1-2;/h7-10,12H,6,11H2,1-5H3;7-10,12H,6,11H2,1-5H3;5-8,14H,4H2,1-3H3;12H,3-7H2,1-2H3;3-6H,1H3;4H,3H2,1-2H3,(H,6,7);8H,3H2,1-2H3,(H,6,7);5H,2-4H2,1H3;5H,1-4H2;2*1-2H3;1H4;;;;1-2H;1H/q;;;;-1;;;;;;;;;;+1;;/t2*17-;12-;9-;;;5-;;;;;;;;;;/m0000..0........../s1/i;;;;;;;;;;;;;;;;1+1. The van der Waals surface area contributed by atoms with Gasteiger partial charge in [-0.3, -0.25) is 29.7 Å². The molecule has 0 spiro atoms. The van der Waals surface area contributed by atoms with Gasteiger partial charge in [0.05, 0.1) is 29.3 Å². The summed E-state index contributed by atoms with van der Waals surface area (Å²) < 4.78 is 63.0. The first-order valence-electron chi connectivity index (χ1n) is 39.3. The average Bonchev–Trinajstić information content (AvgIpc) is 1.52. The number of halogens is 2. The van der Waals surface area contributed by atoms with Crippen molar-refractivity contribution in [3.05, 3.63) is 120 Å². The van der Waals surface area contributed by atoms with E-state index in [1.807, 2.05) is 116 Å². The molecule has 1 unspecified atom stereocenters. The van der Waals surface area contributed by atoms with Crippen molar-refractivity contribution in [1.82, 2.24) is 10.2 Å². The Hall–Kier alpha value is -4.77. The van der Waals surface area contributed by atoms with Crippen molar-refractivity contribution in [2.24, 2.45) is 0 Å². The number of ether oxygens (including phenoxy) is 6. The molecular formula is C86H147BCl2LiN2O24S5. The predicted octanol–water partition coefficient (Wildman–Crippen LogP) is 14.8. The molecule has 0 saturated carbocycles. The Balaban J connectivity index is -0.000000147. The van der Waals surface area contributed by atoms with Gasteiger partial charge in [0.2, 0.25) is 20.8 Å². The monoisotopic (exact) mass is 1840 g/mol. The van der Waals surface area contributed by atoms with Crippen LogP contribution in [0.5, 0.6) is 0 Å². The molecule has 3 heterocycles. The number of rotatable bonds is 28. The van der Waals surface area contributed by atoms with Gasteiger partial charge in [-0.2, -0.15) is 42.1 Å². The Labute approximate surface area is 764 Å². The first-order valence-corrected chi connectivity index (χ1v) is 47.7. The third kappa shape index (κ3) is 65.5. The largest absolute Gasteiger partial charge is 1.00 e. The van der Waals surface area contributed by atoms with E-state index in [1.54, 1.807) is 134 Å². The Morgan fingerprint density at radius 3 is 1.11 bits per heavy atom. The van der Waals surface area contributed by atoms with Gasteiger partial charge in [-0.1, -0.05) is 94.0 Å². The van der Waals surface area contributed by atoms with Crippen molar-refractivity contribution in [3.63, 3.8) is 0 Å². The summed E-state index contributed by atoms with van der Waals surface area (Å²) in [4.78, 5) is 97.6. The van der Waals surface area contributed by atoms with Crippen LogP contribution in [0.2, 0.25) is 0 Å². The van der Waals surface area contributed by atoms with Gasteiger partial charge in [-0.25, -0.2) is 31.8 Å². The fourth-order valence-corrected chi connectivity index (χ4v) is 10.5. The van der Waals surface area contributed by atoms with Gasteiger partial charge in [-0.15, -0.1) is 28.4 Å². The fraction of sp³-hybridized carbons (Fsp3) is 0.628. The number of esters is 2. The summed E-state index contributed by atoms with van der Waals surface area (Å²) in [6.07, 6.45) is 16.8. The summed E-state index contributed by atoms with van der Waals surface area (Å²) in [7, 11) is 4.02. The second kappa shape index (κ2) is 76.5. The topological polar surface area (TPSA) is 400 Å². The Morgan fingerprint density at radius 2 is 0.884 bits per heavy atom. The third-order valence-corrected chi connectivity index (χ3v) is 20.1. The van der Waals surface area contributed by atoms with Crippen molar-refractivity contribution in [2.75, 3.05) is 77.6 Å². The van der Waals surface area contributed by atoms with Gasteiger partial charge in [0.15, 0.2) is 32.4 Å². The van der Waals surface area contributed by atoms with Crippen LogP contribution in [0.15, 0.2) is 117 Å². The molecule has 35 heteroatoms. The Kier molecular flexibility index (Phi) is 84.8. The number of benzene rings is 4. The zero-order chi connectivity index (χ0) is 92.7. The number of hydrogen-bond donors (Lipinski definition) is 8. The molecule has 0 aliphatic carbocycles. The maximum Gasteiger partial charge on any atom is 1.00 e. The second-order valence-electron chi connectivity index (χ2n) is 27.4. The van der Waals surface area contributed by atoms with Crippen LogP contribution < -0.4 is 24.2 Å². The van der Waals surface area contributed by atoms with Gasteiger partial charge in [0.25, 0.3) is 5.91 Å². The molecule has 3 radical (unpaired) electrons. The number of sulfone groups is 1. The van der Waals surface area contributed by atoms with Crippen LogP contribution in [0.1, 0.15) is 256 Å². The van der Waals surface area contributed by atoms with E-state index in [-0.39, 0.29) is 121 Å². The number of carbonyl (C=O) groups excluding carboxylic acids is 6. The second-order valence-corrected chi connectivity index (χ2v) is 34.6. The van der Waals surface area contributed by atoms with Gasteiger partial charge >= 0.3 is 42.7 Å². The number of ketones is 3. The number of carbonyl (C=O) groups is 8. The van der Waals surface area contributed by atoms with Crippen molar-refractivity contribution >= 4 is 131 Å². The molecule has 3 fully saturated rings. The number of thioether (sulfide) groups is 3. The van der Waals surface area contributed by atoms with Crippen LogP contribution in [-0.4, -0.2) is 239 Å². The minimum absolute atomic E-state index is 0. The van der Waals surface area contributed by atoms with Crippen molar-refractivity contribution in [2.45, 2.75) is 295 Å². The van der Waals surface area contributed by atoms with E-state index in [9.17, 15) is 57.0 Å². The number of carboxylic acid groups (broad SMARTS) is 2. The molecule has 8 N–H and O–H groups in total. The minimum Gasteiger partial charge on any atom is -0.480 e. The fourth-order valence-electron chi connectivity index (χ4n) is 8.68. The maximum atomic E-state index is 12.7. The predicted molar refractivity (Wildman–Crippen MR) is 492 cm³/mol. The number of amides is 1. The van der Waals surface area contributed by atoms with Gasteiger partial charge < -0.3 is 64.2 Å². The molecule has 3 aliphatic heterocycles. The maximum absolute atomic E-state index is 12.7. The molecular weight excluding hydrogens is 1690 g/mol. The molecule has 0 bridgehead atoms. The first-order chi connectivity index (χ1) is 55.1. The number of likely N-dealkylation sites (tertiary alicyclic amines) is 1. The van der Waals surface area contributed by atoms with Crippen LogP contribution in [-0.2, 0) is 71.5 Å². The molecule has 7 rings (SSSR count). The summed E-state index contributed by atoms with van der Waals surface area (Å²) in [5, 5.41) is 59.7. The molecule has 4 aromatic carbocycles. The van der Waals surface area contributed by atoms with Crippen LogP contribution in [0.25, 0.3) is 0 Å². The normalized spacial score (nSPS) is 14.9. The Morgan fingerprint density at radius 1 is 0.562 bits per heavy atom. The minimum atomic E-state index is -3.33. The molecule has 121 heavy (non-hydrogen) atoms. The molecule has 6 atom stereocenters. The van der Waals surface area contributed by atoms with E-state index in [2.05, 4.69) is 45.9 Å². The molecule has 1 amide bonds. The van der Waals surface area contributed by atoms with Crippen molar-refractivity contribution in [3.8, 4) is 0 Å². The summed E-state index contributed by atoms with van der Waals surface area (Å²) >= 11 is 4.99.